The number of carbonyl (C=O) groups excluding carboxylic acids is 1. The fourth-order valence-electron chi connectivity index (χ4n) is 1.77. The molecule has 4 nitrogen and oxygen atoms in total. The van der Waals surface area contributed by atoms with Crippen molar-refractivity contribution >= 4 is 6.09 Å². The van der Waals surface area contributed by atoms with E-state index in [0.717, 1.165) is 16.9 Å². The summed E-state index contributed by atoms with van der Waals surface area (Å²) in [5.74, 6) is 0.871. The summed E-state index contributed by atoms with van der Waals surface area (Å²) >= 11 is 0. The van der Waals surface area contributed by atoms with E-state index in [-0.39, 0.29) is 5.41 Å². The molecule has 0 atom stereocenters. The molecule has 1 N–H and O–H groups in total. The van der Waals surface area contributed by atoms with Gasteiger partial charge in [-0.1, -0.05) is 26.0 Å². The van der Waals surface area contributed by atoms with Crippen LogP contribution < -0.4 is 10.1 Å². The average molecular weight is 251 g/mol. The van der Waals surface area contributed by atoms with E-state index >= 15 is 0 Å². The van der Waals surface area contributed by atoms with E-state index < -0.39 is 6.09 Å². The molecule has 1 aromatic carbocycles. The number of carbonyl (C=O) groups is 1. The Morgan fingerprint density at radius 2 is 2.00 bits per heavy atom. The highest BCUT2D eigenvalue weighted by Crippen LogP contribution is 2.27. The Labute approximate surface area is 108 Å². The maximum atomic E-state index is 11.1. The molecule has 0 bridgehead atoms. The van der Waals surface area contributed by atoms with Crippen molar-refractivity contribution in [2.45, 2.75) is 26.2 Å². The van der Waals surface area contributed by atoms with E-state index in [1.54, 1.807) is 7.11 Å². The van der Waals surface area contributed by atoms with Gasteiger partial charge in [-0.25, -0.2) is 4.79 Å². The Balaban J connectivity index is 2.84. The van der Waals surface area contributed by atoms with Gasteiger partial charge in [0.25, 0.3) is 0 Å². The fraction of sp³-hybridized carbons (Fsp3) is 0.500. The smallest absolute Gasteiger partial charge is 0.406 e. The predicted octanol–water partition coefficient (Wildman–Crippen LogP) is 2.64. The molecule has 0 aliphatic rings. The minimum Gasteiger partial charge on any atom is -0.496 e. The van der Waals surface area contributed by atoms with Gasteiger partial charge in [0, 0.05) is 12.0 Å². The van der Waals surface area contributed by atoms with E-state index in [1.807, 2.05) is 19.1 Å². The highest BCUT2D eigenvalue weighted by molar-refractivity contribution is 5.67. The Morgan fingerprint density at radius 3 is 2.50 bits per heavy atom. The third kappa shape index (κ3) is 3.39. The molecule has 0 saturated heterocycles. The summed E-state index contributed by atoms with van der Waals surface area (Å²) < 4.78 is 9.81. The summed E-state index contributed by atoms with van der Waals surface area (Å²) in [5.41, 5.74) is 2.07. The molecule has 18 heavy (non-hydrogen) atoms. The van der Waals surface area contributed by atoms with Crippen LogP contribution in [0.1, 0.15) is 25.0 Å². The van der Waals surface area contributed by atoms with Crippen LogP contribution in [-0.4, -0.2) is 26.9 Å². The number of alkyl carbamates (subject to hydrolysis) is 1. The van der Waals surface area contributed by atoms with Crippen LogP contribution in [0.2, 0.25) is 0 Å². The fourth-order valence-corrected chi connectivity index (χ4v) is 1.77. The number of nitrogens with one attached hydrogen (secondary N) is 1. The van der Waals surface area contributed by atoms with E-state index in [1.165, 1.54) is 7.11 Å². The first kappa shape index (κ1) is 14.4. The van der Waals surface area contributed by atoms with Gasteiger partial charge < -0.3 is 14.8 Å². The van der Waals surface area contributed by atoms with Gasteiger partial charge in [-0.3, -0.25) is 0 Å². The molecule has 0 fully saturated rings. The Bertz CT molecular complexity index is 427. The summed E-state index contributed by atoms with van der Waals surface area (Å²) in [7, 11) is 3.02. The lowest BCUT2D eigenvalue weighted by Gasteiger charge is -2.26. The first-order valence-electron chi connectivity index (χ1n) is 5.87. The molecule has 1 aromatic rings. The Hall–Kier alpha value is -1.71. The molecule has 0 radical (unpaired) electrons. The van der Waals surface area contributed by atoms with Crippen molar-refractivity contribution in [3.8, 4) is 5.75 Å². The van der Waals surface area contributed by atoms with Gasteiger partial charge in [0.15, 0.2) is 0 Å². The van der Waals surface area contributed by atoms with Crippen molar-refractivity contribution < 1.29 is 14.3 Å². The normalized spacial score (nSPS) is 10.9. The van der Waals surface area contributed by atoms with Crippen LogP contribution in [0.4, 0.5) is 4.79 Å². The maximum Gasteiger partial charge on any atom is 0.406 e. The number of rotatable bonds is 4. The molecule has 1 rings (SSSR count). The van der Waals surface area contributed by atoms with Crippen LogP contribution in [0.15, 0.2) is 18.2 Å². The van der Waals surface area contributed by atoms with E-state index in [0.29, 0.717) is 6.54 Å². The first-order valence-corrected chi connectivity index (χ1v) is 5.87. The van der Waals surface area contributed by atoms with Gasteiger partial charge in [0.1, 0.15) is 5.75 Å². The second-order valence-electron chi connectivity index (χ2n) is 4.91. The van der Waals surface area contributed by atoms with Crippen molar-refractivity contribution in [1.29, 1.82) is 0 Å². The lowest BCUT2D eigenvalue weighted by atomic mass is 9.84. The van der Waals surface area contributed by atoms with Gasteiger partial charge in [0.2, 0.25) is 0 Å². The van der Waals surface area contributed by atoms with Crippen molar-refractivity contribution in [1.82, 2.24) is 5.32 Å². The number of aryl methyl sites for hydroxylation is 1. The minimum absolute atomic E-state index is 0.161. The number of methoxy groups -OCH3 is 2. The number of benzene rings is 1. The van der Waals surface area contributed by atoms with Gasteiger partial charge in [-0.15, -0.1) is 0 Å². The third-order valence-electron chi connectivity index (χ3n) is 3.04. The van der Waals surface area contributed by atoms with Crippen LogP contribution in [0, 0.1) is 6.92 Å². The van der Waals surface area contributed by atoms with Crippen molar-refractivity contribution in [3.63, 3.8) is 0 Å². The Kier molecular flexibility index (Phi) is 4.59. The topological polar surface area (TPSA) is 47.6 Å². The van der Waals surface area contributed by atoms with Crippen LogP contribution in [-0.2, 0) is 10.2 Å². The molecule has 4 heteroatoms. The monoisotopic (exact) mass is 251 g/mol. The van der Waals surface area contributed by atoms with Crippen LogP contribution in [0.5, 0.6) is 5.75 Å². The molecule has 1 amide bonds. The third-order valence-corrected chi connectivity index (χ3v) is 3.04. The molecule has 0 aliphatic heterocycles. The SMILES string of the molecule is COC(=O)NCC(C)(C)c1ccc(OC)c(C)c1. The molecule has 0 spiro atoms. The zero-order chi connectivity index (χ0) is 13.8. The average Bonchev–Trinajstić information content (AvgIpc) is 2.35. The van der Waals surface area contributed by atoms with Crippen LogP contribution >= 0.6 is 0 Å². The highest BCUT2D eigenvalue weighted by atomic mass is 16.5. The quantitative estimate of drug-likeness (QED) is 0.895. The van der Waals surface area contributed by atoms with Gasteiger partial charge >= 0.3 is 6.09 Å². The summed E-state index contributed by atoms with van der Waals surface area (Å²) in [4.78, 5) is 11.1. The largest absolute Gasteiger partial charge is 0.496 e. The van der Waals surface area contributed by atoms with Gasteiger partial charge in [-0.05, 0) is 24.1 Å². The Morgan fingerprint density at radius 1 is 1.33 bits per heavy atom. The molecular weight excluding hydrogens is 230 g/mol. The molecule has 0 aliphatic carbocycles. The van der Waals surface area contributed by atoms with Crippen molar-refractivity contribution in [3.05, 3.63) is 29.3 Å². The maximum absolute atomic E-state index is 11.1. The number of amides is 1. The number of ether oxygens (including phenoxy) is 2. The zero-order valence-electron chi connectivity index (χ0n) is 11.7. The number of hydrogen-bond donors (Lipinski definition) is 1. The first-order chi connectivity index (χ1) is 8.40. The molecule has 0 saturated carbocycles. The molecule has 100 valence electrons. The van der Waals surface area contributed by atoms with E-state index in [9.17, 15) is 4.79 Å². The molecular formula is C14H21NO3. The second-order valence-corrected chi connectivity index (χ2v) is 4.91. The van der Waals surface area contributed by atoms with Crippen molar-refractivity contribution in [2.24, 2.45) is 0 Å². The molecule has 0 heterocycles. The molecule has 0 unspecified atom stereocenters. The lowest BCUT2D eigenvalue weighted by Crippen LogP contribution is -2.36. The summed E-state index contributed by atoms with van der Waals surface area (Å²) in [6.45, 7) is 6.67. The zero-order valence-corrected chi connectivity index (χ0v) is 11.7. The van der Waals surface area contributed by atoms with Crippen LogP contribution in [0.3, 0.4) is 0 Å². The standard InChI is InChI=1S/C14H21NO3/c1-10-8-11(6-7-12(10)17-4)14(2,3)9-15-13(16)18-5/h6-8H,9H2,1-5H3,(H,15,16). The van der Waals surface area contributed by atoms with Crippen LogP contribution in [0.25, 0.3) is 0 Å². The second kappa shape index (κ2) is 5.76. The summed E-state index contributed by atoms with van der Waals surface area (Å²) in [5, 5.41) is 2.73. The highest BCUT2D eigenvalue weighted by Gasteiger charge is 2.22. The van der Waals surface area contributed by atoms with E-state index in [4.69, 9.17) is 4.74 Å². The summed E-state index contributed by atoms with van der Waals surface area (Å²) in [6, 6.07) is 6.05. The summed E-state index contributed by atoms with van der Waals surface area (Å²) in [6.07, 6.45) is -0.409. The predicted molar refractivity (Wildman–Crippen MR) is 71.2 cm³/mol. The minimum atomic E-state index is -0.409. The molecule has 0 aromatic heterocycles. The van der Waals surface area contributed by atoms with Crippen molar-refractivity contribution in [2.75, 3.05) is 20.8 Å². The van der Waals surface area contributed by atoms with E-state index in [2.05, 4.69) is 30.0 Å². The van der Waals surface area contributed by atoms with Gasteiger partial charge in [-0.2, -0.15) is 0 Å². The number of hydrogen-bond acceptors (Lipinski definition) is 3. The van der Waals surface area contributed by atoms with Gasteiger partial charge in [0.05, 0.1) is 14.2 Å². The lowest BCUT2D eigenvalue weighted by molar-refractivity contribution is 0.168.